The Morgan fingerprint density at radius 1 is 0.519 bits per heavy atom. The minimum absolute atomic E-state index is 0. The molecule has 52 heavy (non-hydrogen) atoms. The van der Waals surface area contributed by atoms with Gasteiger partial charge in [0.05, 0.1) is 8.80 Å². The molecule has 0 aliphatic rings. The molecule has 0 N–H and O–H groups in total. The molecule has 8 heteroatoms. The van der Waals surface area contributed by atoms with E-state index in [-0.39, 0.29) is 47.8 Å². The van der Waals surface area contributed by atoms with Gasteiger partial charge in [0.15, 0.2) is 0 Å². The van der Waals surface area contributed by atoms with Crippen LogP contribution in [0.3, 0.4) is 0 Å². The van der Waals surface area contributed by atoms with Gasteiger partial charge in [-0.3, -0.25) is 0 Å². The minimum atomic E-state index is -2.24. The maximum absolute atomic E-state index is 3.13. The van der Waals surface area contributed by atoms with Crippen molar-refractivity contribution >= 4 is 67.7 Å². The summed E-state index contributed by atoms with van der Waals surface area (Å²) in [6.07, 6.45) is 0. The maximum Gasteiger partial charge on any atom is 1.00 e. The first-order chi connectivity index (χ1) is 21.9. The first-order valence-electron chi connectivity index (χ1n) is 20.0. The van der Waals surface area contributed by atoms with E-state index >= 15 is 0 Å². The molecule has 0 aliphatic heterocycles. The number of hydrogen-bond donors (Lipinski definition) is 0. The van der Waals surface area contributed by atoms with Crippen LogP contribution in [0.2, 0.25) is 66.5 Å². The molecule has 295 valence electrons. The average Bonchev–Trinajstić information content (AvgIpc) is 2.87. The molecule has 0 amide bonds. The third kappa shape index (κ3) is 11.1. The van der Waals surface area contributed by atoms with Crippen LogP contribution in [0.25, 0.3) is 4.41 Å². The van der Waals surface area contributed by atoms with Crippen LogP contribution in [-0.2, 0) is 0 Å². The smallest absolute Gasteiger partial charge is 0.0703 e. The molecular formula is C44H90GeLiSi6. The number of benzene rings is 1. The molecule has 0 unspecified atom stereocenters. The van der Waals surface area contributed by atoms with Crippen LogP contribution in [0.4, 0.5) is 0 Å². The molecule has 0 nitrogen and oxygen atoms in total. The van der Waals surface area contributed by atoms with E-state index in [4.69, 9.17) is 0 Å². The minimum Gasteiger partial charge on any atom is -0.0703 e. The molecule has 0 saturated carbocycles. The Labute approximate surface area is 357 Å². The fourth-order valence-corrected chi connectivity index (χ4v) is 141. The predicted octanol–water partition coefficient (Wildman–Crippen LogP) is 12.8. The third-order valence-corrected chi connectivity index (χ3v) is 103. The van der Waals surface area contributed by atoms with Crippen molar-refractivity contribution in [3.63, 3.8) is 0 Å². The van der Waals surface area contributed by atoms with Gasteiger partial charge in [-0.15, -0.1) is 0 Å². The second kappa shape index (κ2) is 17.3. The fourth-order valence-electron chi connectivity index (χ4n) is 9.63. The van der Waals surface area contributed by atoms with Crippen molar-refractivity contribution in [2.75, 3.05) is 0 Å². The summed E-state index contributed by atoms with van der Waals surface area (Å²) in [4.78, 5) is 0. The van der Waals surface area contributed by atoms with Gasteiger partial charge in [-0.25, -0.2) is 0 Å². The fraction of sp³-hybridized carbons (Fsp3) is 0.818. The Bertz CT molecular complexity index is 1200. The molecule has 0 aromatic heterocycles. The van der Waals surface area contributed by atoms with E-state index < -0.39 is 29.4 Å². The zero-order valence-electron chi connectivity index (χ0n) is 41.0. The summed E-state index contributed by atoms with van der Waals surface area (Å²) in [6.45, 7) is 70.7. The SMILES string of the molecule is CC(C)(C)[Si](C)([Si-][Si](/C=[C](\[Ge])c1ccccc1)([Si](C)(C(C)(C)C)C(C)(C)C)[Si](C)(C(C)(C)C)C(C)(C)C)C(C)(C)C.C[Si](C(C)(C)C)C(C)(C)C.[Li+]. The van der Waals surface area contributed by atoms with Crippen LogP contribution in [-0.4, -0.2) is 63.3 Å². The molecule has 0 bridgehead atoms. The van der Waals surface area contributed by atoms with Crippen LogP contribution < -0.4 is 18.9 Å². The summed E-state index contributed by atoms with van der Waals surface area (Å²) >= 11 is 2.48. The van der Waals surface area contributed by atoms with E-state index in [2.05, 4.69) is 245 Å². The van der Waals surface area contributed by atoms with Gasteiger partial charge >= 0.3 is 294 Å². The standard InChI is InChI=1S/C35H69GeSi5.C9H21Si.Li/c1-30(2,3)38(19,31(4,5)6)37-41(27-29(36)28-25-23-22-24-26-28,39(20,32(7,8)9)33(10,11)12)40(21,34(13,14)15)35(16,17)18;1-8(2,3)10(7)9(4,5)6;/h22-27H,1-21H3;1-7H3;/q-1;;+1/b29-27-;;. The van der Waals surface area contributed by atoms with Crippen molar-refractivity contribution in [2.45, 2.75) is 233 Å². The van der Waals surface area contributed by atoms with Gasteiger partial charge in [-0.1, -0.05) is 48.1 Å². The molecule has 0 aliphatic carbocycles. The van der Waals surface area contributed by atoms with Gasteiger partial charge < -0.3 is 0 Å². The average molecular weight is 867 g/mol. The quantitative estimate of drug-likeness (QED) is 0.250. The van der Waals surface area contributed by atoms with Crippen molar-refractivity contribution in [1.82, 2.24) is 0 Å². The number of rotatable bonds is 6. The van der Waals surface area contributed by atoms with Gasteiger partial charge in [0.2, 0.25) is 0 Å². The molecule has 1 aromatic rings. The normalized spacial score (nSPS) is 15.6. The van der Waals surface area contributed by atoms with Crippen LogP contribution in [0.5, 0.6) is 0 Å². The van der Waals surface area contributed by atoms with Crippen molar-refractivity contribution in [3.8, 4) is 0 Å². The Kier molecular flexibility index (Phi) is 18.5. The van der Waals surface area contributed by atoms with Gasteiger partial charge in [0.25, 0.3) is 0 Å². The zero-order valence-corrected chi connectivity index (χ0v) is 49.1. The predicted molar refractivity (Wildman–Crippen MR) is 256 cm³/mol. The molecule has 0 heterocycles. The zero-order chi connectivity index (χ0) is 41.7. The summed E-state index contributed by atoms with van der Waals surface area (Å²) in [5.74, 6) is 0. The molecule has 1 aromatic carbocycles. The second-order valence-electron chi connectivity index (χ2n) is 24.9. The Morgan fingerprint density at radius 3 is 0.981 bits per heavy atom. The summed E-state index contributed by atoms with van der Waals surface area (Å²) in [7, 11) is -5.15. The van der Waals surface area contributed by atoms with E-state index in [0.29, 0.717) is 20.2 Å². The van der Waals surface area contributed by atoms with Gasteiger partial charge in [0.1, 0.15) is 0 Å². The van der Waals surface area contributed by atoms with Crippen LogP contribution in [0.15, 0.2) is 36.0 Å². The summed E-state index contributed by atoms with van der Waals surface area (Å²) < 4.78 is 1.56. The number of hydrogen-bond acceptors (Lipinski definition) is 0. The molecule has 0 fully saturated rings. The van der Waals surface area contributed by atoms with Crippen LogP contribution in [0, 0.1) is 0 Å². The van der Waals surface area contributed by atoms with Crippen molar-refractivity contribution < 1.29 is 18.9 Å². The first kappa shape index (κ1) is 55.5. The first-order valence-corrected chi connectivity index (χ1v) is 37.6. The topological polar surface area (TPSA) is 0 Å². The van der Waals surface area contributed by atoms with Crippen molar-refractivity contribution in [2.24, 2.45) is 0 Å². The van der Waals surface area contributed by atoms with E-state index in [0.717, 1.165) is 8.55 Å². The summed E-state index contributed by atoms with van der Waals surface area (Å²) in [5, 5.41) is 2.88. The van der Waals surface area contributed by atoms with E-state index in [1.165, 1.54) is 5.56 Å². The van der Waals surface area contributed by atoms with Gasteiger partial charge in [0, 0.05) is 0 Å². The van der Waals surface area contributed by atoms with E-state index in [9.17, 15) is 0 Å². The van der Waals surface area contributed by atoms with Crippen LogP contribution >= 0.6 is 0 Å². The maximum atomic E-state index is 3.13. The Morgan fingerprint density at radius 2 is 0.788 bits per heavy atom. The molecular weight excluding hydrogens is 777 g/mol. The van der Waals surface area contributed by atoms with Gasteiger partial charge in [-0.2, -0.15) is 0 Å². The van der Waals surface area contributed by atoms with E-state index in [1.807, 2.05) is 0 Å². The molecule has 0 saturated heterocycles. The summed E-state index contributed by atoms with van der Waals surface area (Å²) in [6, 6.07) is 11.4. The summed E-state index contributed by atoms with van der Waals surface area (Å²) in [5.41, 5.74) is 4.57. The molecule has 1 rings (SSSR count). The molecule has 0 atom stereocenters. The monoisotopic (exact) mass is 868 g/mol. The van der Waals surface area contributed by atoms with Crippen molar-refractivity contribution in [1.29, 1.82) is 0 Å². The van der Waals surface area contributed by atoms with Crippen molar-refractivity contribution in [3.05, 3.63) is 41.6 Å². The third-order valence-electron chi connectivity index (χ3n) is 14.7. The second-order valence-corrected chi connectivity index (χ2v) is 71.7. The Balaban J connectivity index is 0. The molecule has 5 radical (unpaired) electrons. The van der Waals surface area contributed by atoms with Crippen LogP contribution in [0.1, 0.15) is 172 Å². The largest absolute Gasteiger partial charge is 1.00 e. The van der Waals surface area contributed by atoms with Gasteiger partial charge in [-0.05, 0) is 10.1 Å². The molecule has 0 spiro atoms. The van der Waals surface area contributed by atoms with E-state index in [1.54, 1.807) is 4.41 Å². The Hall–Kier alpha value is 1.40.